The van der Waals surface area contributed by atoms with Gasteiger partial charge in [-0.05, 0) is 25.8 Å². The summed E-state index contributed by atoms with van der Waals surface area (Å²) in [6.07, 6.45) is 6.10. The molecule has 0 aromatic carbocycles. The second-order valence-corrected chi connectivity index (χ2v) is 4.46. The Hall–Kier alpha value is -0.610. The number of amides is 1. The molecule has 0 bridgehead atoms. The second-order valence-electron chi connectivity index (χ2n) is 4.46. The lowest BCUT2D eigenvalue weighted by atomic mass is 10.1. The summed E-state index contributed by atoms with van der Waals surface area (Å²) in [6.45, 7) is 4.09. The van der Waals surface area contributed by atoms with Gasteiger partial charge in [-0.25, -0.2) is 0 Å². The Morgan fingerprint density at radius 2 is 2.25 bits per heavy atom. The van der Waals surface area contributed by atoms with Crippen LogP contribution in [0.15, 0.2) is 0 Å². The first kappa shape index (κ1) is 13.5. The zero-order valence-corrected chi connectivity index (χ0v) is 10.2. The van der Waals surface area contributed by atoms with Gasteiger partial charge in [0.15, 0.2) is 0 Å². The average Bonchev–Trinajstić information content (AvgIpc) is 2.51. The number of hydrogen-bond acceptors (Lipinski definition) is 3. The zero-order valence-electron chi connectivity index (χ0n) is 10.2. The lowest BCUT2D eigenvalue weighted by molar-refractivity contribution is -0.123. The molecule has 2 N–H and O–H groups in total. The van der Waals surface area contributed by atoms with Gasteiger partial charge in [0, 0.05) is 12.6 Å². The number of likely N-dealkylation sites (tertiary alicyclic amines) is 1. The van der Waals surface area contributed by atoms with Gasteiger partial charge < -0.3 is 10.4 Å². The maximum Gasteiger partial charge on any atom is 0.234 e. The average molecular weight is 228 g/mol. The molecule has 1 unspecified atom stereocenters. The van der Waals surface area contributed by atoms with E-state index in [2.05, 4.69) is 17.1 Å². The summed E-state index contributed by atoms with van der Waals surface area (Å²) in [7, 11) is 0. The van der Waals surface area contributed by atoms with E-state index in [4.69, 9.17) is 5.11 Å². The largest absolute Gasteiger partial charge is 0.395 e. The van der Waals surface area contributed by atoms with E-state index >= 15 is 0 Å². The van der Waals surface area contributed by atoms with Crippen molar-refractivity contribution in [3.8, 4) is 0 Å². The number of nitrogens with one attached hydrogen (secondary N) is 1. The first-order valence-electron chi connectivity index (χ1n) is 6.39. The van der Waals surface area contributed by atoms with Crippen LogP contribution in [0.3, 0.4) is 0 Å². The summed E-state index contributed by atoms with van der Waals surface area (Å²) >= 11 is 0. The molecule has 94 valence electrons. The minimum absolute atomic E-state index is 0.0168. The number of rotatable bonds is 5. The topological polar surface area (TPSA) is 52.6 Å². The molecule has 1 fully saturated rings. The highest BCUT2D eigenvalue weighted by molar-refractivity contribution is 5.78. The van der Waals surface area contributed by atoms with Gasteiger partial charge in [0.1, 0.15) is 0 Å². The number of aliphatic hydroxyl groups excluding tert-OH is 1. The maximum atomic E-state index is 11.6. The van der Waals surface area contributed by atoms with Crippen LogP contribution >= 0.6 is 0 Å². The van der Waals surface area contributed by atoms with Gasteiger partial charge in [0.25, 0.3) is 0 Å². The van der Waals surface area contributed by atoms with Crippen molar-refractivity contribution in [2.75, 3.05) is 26.2 Å². The van der Waals surface area contributed by atoms with Gasteiger partial charge in [-0.15, -0.1) is 0 Å². The van der Waals surface area contributed by atoms with Crippen LogP contribution < -0.4 is 5.32 Å². The van der Waals surface area contributed by atoms with E-state index in [1.165, 1.54) is 25.7 Å². The predicted molar refractivity (Wildman–Crippen MR) is 64.2 cm³/mol. The van der Waals surface area contributed by atoms with Gasteiger partial charge in [-0.1, -0.05) is 19.8 Å². The van der Waals surface area contributed by atoms with E-state index < -0.39 is 0 Å². The van der Waals surface area contributed by atoms with Crippen LogP contribution in [-0.4, -0.2) is 48.2 Å². The highest BCUT2D eigenvalue weighted by atomic mass is 16.3. The molecule has 0 radical (unpaired) electrons. The molecule has 1 amide bonds. The van der Waals surface area contributed by atoms with Crippen molar-refractivity contribution in [2.45, 2.75) is 45.1 Å². The fourth-order valence-electron chi connectivity index (χ4n) is 2.34. The van der Waals surface area contributed by atoms with Crippen LogP contribution in [0, 0.1) is 0 Å². The molecule has 0 saturated carbocycles. The van der Waals surface area contributed by atoms with Crippen LogP contribution in [0.1, 0.15) is 39.0 Å². The lowest BCUT2D eigenvalue weighted by Crippen LogP contribution is -2.43. The third kappa shape index (κ3) is 4.49. The Kier molecular flexibility index (Phi) is 6.42. The van der Waals surface area contributed by atoms with Crippen LogP contribution in [0.5, 0.6) is 0 Å². The summed E-state index contributed by atoms with van der Waals surface area (Å²) in [5.74, 6) is 0.0365. The molecule has 16 heavy (non-hydrogen) atoms. The molecule has 0 aromatic heterocycles. The van der Waals surface area contributed by atoms with Crippen LogP contribution in [0.4, 0.5) is 0 Å². The monoisotopic (exact) mass is 228 g/mol. The first-order chi connectivity index (χ1) is 7.77. The molecule has 0 aromatic rings. The van der Waals surface area contributed by atoms with Crippen molar-refractivity contribution in [2.24, 2.45) is 0 Å². The van der Waals surface area contributed by atoms with E-state index in [9.17, 15) is 4.79 Å². The highest BCUT2D eigenvalue weighted by Crippen LogP contribution is 2.18. The summed E-state index contributed by atoms with van der Waals surface area (Å²) < 4.78 is 0. The molecule has 1 aliphatic heterocycles. The Morgan fingerprint density at radius 3 is 2.94 bits per heavy atom. The Bertz CT molecular complexity index is 209. The van der Waals surface area contributed by atoms with Gasteiger partial charge in [0.05, 0.1) is 13.2 Å². The summed E-state index contributed by atoms with van der Waals surface area (Å²) in [5.41, 5.74) is 0. The van der Waals surface area contributed by atoms with Crippen molar-refractivity contribution < 1.29 is 9.90 Å². The summed E-state index contributed by atoms with van der Waals surface area (Å²) in [6, 6.07) is 0.558. The molecular weight excluding hydrogens is 204 g/mol. The number of carbonyl (C=O) groups is 1. The van der Waals surface area contributed by atoms with Crippen LogP contribution in [-0.2, 0) is 4.79 Å². The lowest BCUT2D eigenvalue weighted by Gasteiger charge is -2.28. The van der Waals surface area contributed by atoms with E-state index in [-0.39, 0.29) is 12.5 Å². The molecule has 4 heteroatoms. The third-order valence-electron chi connectivity index (χ3n) is 3.25. The number of nitrogens with zero attached hydrogens (tertiary/aromatic N) is 1. The molecule has 4 nitrogen and oxygen atoms in total. The molecule has 0 aliphatic carbocycles. The third-order valence-corrected chi connectivity index (χ3v) is 3.25. The van der Waals surface area contributed by atoms with Gasteiger partial charge >= 0.3 is 0 Å². The molecule has 1 heterocycles. The molecule has 1 aliphatic rings. The first-order valence-corrected chi connectivity index (χ1v) is 6.39. The normalized spacial score (nSPS) is 22.8. The van der Waals surface area contributed by atoms with Crippen LogP contribution in [0.25, 0.3) is 0 Å². The SMILES string of the molecule is CCC1CCCCCN1CC(=O)NCCO. The molecular formula is C12H24N2O2. The fourth-order valence-corrected chi connectivity index (χ4v) is 2.34. The van der Waals surface area contributed by atoms with Gasteiger partial charge in [-0.2, -0.15) is 0 Å². The van der Waals surface area contributed by atoms with E-state index in [1.54, 1.807) is 0 Å². The van der Waals surface area contributed by atoms with E-state index in [0.717, 1.165) is 13.0 Å². The van der Waals surface area contributed by atoms with E-state index in [0.29, 0.717) is 19.1 Å². The highest BCUT2D eigenvalue weighted by Gasteiger charge is 2.21. The molecule has 1 atom stereocenters. The van der Waals surface area contributed by atoms with Crippen molar-refractivity contribution in [3.63, 3.8) is 0 Å². The minimum Gasteiger partial charge on any atom is -0.395 e. The van der Waals surface area contributed by atoms with Gasteiger partial charge in [0.2, 0.25) is 5.91 Å². The fraction of sp³-hybridized carbons (Fsp3) is 0.917. The van der Waals surface area contributed by atoms with Crippen molar-refractivity contribution in [3.05, 3.63) is 0 Å². The Labute approximate surface area is 98.0 Å². The smallest absolute Gasteiger partial charge is 0.234 e. The quantitative estimate of drug-likeness (QED) is 0.730. The van der Waals surface area contributed by atoms with Crippen molar-refractivity contribution in [1.29, 1.82) is 0 Å². The van der Waals surface area contributed by atoms with Gasteiger partial charge in [-0.3, -0.25) is 9.69 Å². The zero-order chi connectivity index (χ0) is 11.8. The molecule has 1 rings (SSSR count). The van der Waals surface area contributed by atoms with Crippen LogP contribution in [0.2, 0.25) is 0 Å². The minimum atomic E-state index is 0.0168. The predicted octanol–water partition coefficient (Wildman–Crippen LogP) is 0.749. The maximum absolute atomic E-state index is 11.6. The summed E-state index contributed by atoms with van der Waals surface area (Å²) in [5, 5.41) is 11.3. The number of aliphatic hydroxyl groups is 1. The Morgan fingerprint density at radius 1 is 1.44 bits per heavy atom. The second kappa shape index (κ2) is 7.63. The summed E-state index contributed by atoms with van der Waals surface area (Å²) in [4.78, 5) is 13.9. The molecule has 0 spiro atoms. The van der Waals surface area contributed by atoms with Crippen molar-refractivity contribution >= 4 is 5.91 Å². The van der Waals surface area contributed by atoms with E-state index in [1.807, 2.05) is 0 Å². The van der Waals surface area contributed by atoms with Crippen molar-refractivity contribution in [1.82, 2.24) is 10.2 Å². The number of hydrogen-bond donors (Lipinski definition) is 2. The molecule has 1 saturated heterocycles. The standard InChI is InChI=1S/C12H24N2O2/c1-2-11-6-4-3-5-8-14(11)10-12(16)13-7-9-15/h11,15H,2-10H2,1H3,(H,13,16). The Balaban J connectivity index is 2.38. The number of carbonyl (C=O) groups excluding carboxylic acids is 1.